The van der Waals surface area contributed by atoms with E-state index in [9.17, 15) is 4.79 Å². The Morgan fingerprint density at radius 1 is 1.53 bits per heavy atom. The molecular weight excluding hydrogens is 256 g/mol. The molecule has 0 aliphatic rings. The number of pyridine rings is 1. The van der Waals surface area contributed by atoms with E-state index in [4.69, 9.17) is 0 Å². The molecule has 1 N–H and O–H groups in total. The molecule has 0 aliphatic carbocycles. The third-order valence-electron chi connectivity index (χ3n) is 1.84. The second kappa shape index (κ2) is 5.85. The Hall–Kier alpha value is -0.900. The molecule has 4 heteroatoms. The average Bonchev–Trinajstić information content (AvgIpc) is 2.19. The molecule has 0 aromatic carbocycles. The van der Waals surface area contributed by atoms with Crippen molar-refractivity contribution in [1.29, 1.82) is 0 Å². The quantitative estimate of drug-likeness (QED) is 0.911. The van der Waals surface area contributed by atoms with E-state index in [2.05, 4.69) is 40.1 Å². The number of halogens is 1. The van der Waals surface area contributed by atoms with Crippen LogP contribution < -0.4 is 5.32 Å². The van der Waals surface area contributed by atoms with E-state index in [1.54, 1.807) is 6.20 Å². The fourth-order valence-corrected chi connectivity index (χ4v) is 1.29. The summed E-state index contributed by atoms with van der Waals surface area (Å²) < 4.78 is 0.925. The molecule has 0 unspecified atom stereocenters. The van der Waals surface area contributed by atoms with E-state index in [-0.39, 0.29) is 5.91 Å². The predicted octanol–water partition coefficient (Wildman–Crippen LogP) is 2.16. The maximum Gasteiger partial charge on any atom is 0.226 e. The third kappa shape index (κ3) is 4.93. The fraction of sp³-hybridized carbons (Fsp3) is 0.455. The second-order valence-electron chi connectivity index (χ2n) is 3.84. The maximum atomic E-state index is 11.4. The van der Waals surface area contributed by atoms with Crippen molar-refractivity contribution >= 4 is 21.8 Å². The summed E-state index contributed by atoms with van der Waals surface area (Å²) in [7, 11) is 0. The number of aromatic nitrogens is 1. The summed E-state index contributed by atoms with van der Waals surface area (Å²) in [5, 5.41) is 2.85. The fourth-order valence-electron chi connectivity index (χ4n) is 1.06. The van der Waals surface area contributed by atoms with Gasteiger partial charge in [0.05, 0.1) is 6.42 Å². The van der Waals surface area contributed by atoms with Crippen molar-refractivity contribution < 1.29 is 4.79 Å². The van der Waals surface area contributed by atoms with E-state index >= 15 is 0 Å². The van der Waals surface area contributed by atoms with Gasteiger partial charge in [-0.25, -0.2) is 0 Å². The summed E-state index contributed by atoms with van der Waals surface area (Å²) in [5.41, 5.74) is 0.791. The number of hydrogen-bond donors (Lipinski definition) is 1. The van der Waals surface area contributed by atoms with Crippen LogP contribution in [0.25, 0.3) is 0 Å². The van der Waals surface area contributed by atoms with Gasteiger partial charge >= 0.3 is 0 Å². The first-order chi connectivity index (χ1) is 7.08. The summed E-state index contributed by atoms with van der Waals surface area (Å²) >= 11 is 3.30. The molecule has 1 aromatic rings. The molecule has 0 fully saturated rings. The predicted molar refractivity (Wildman–Crippen MR) is 63.5 cm³/mol. The molecule has 0 atom stereocenters. The van der Waals surface area contributed by atoms with E-state index in [1.807, 2.05) is 12.1 Å². The number of amides is 1. The molecule has 0 saturated carbocycles. The number of nitrogens with one attached hydrogen (secondary N) is 1. The topological polar surface area (TPSA) is 42.0 Å². The van der Waals surface area contributed by atoms with Crippen molar-refractivity contribution in [3.05, 3.63) is 28.5 Å². The van der Waals surface area contributed by atoms with Gasteiger partial charge < -0.3 is 5.32 Å². The summed E-state index contributed by atoms with van der Waals surface area (Å²) in [6.07, 6.45) is 2.05. The highest BCUT2D eigenvalue weighted by atomic mass is 79.9. The van der Waals surface area contributed by atoms with Crippen LogP contribution in [0, 0.1) is 5.92 Å². The molecule has 1 heterocycles. The maximum absolute atomic E-state index is 11.4. The lowest BCUT2D eigenvalue weighted by atomic mass is 10.2. The Labute approximate surface area is 98.4 Å². The van der Waals surface area contributed by atoms with Crippen LogP contribution in [0.15, 0.2) is 22.8 Å². The Morgan fingerprint density at radius 3 is 2.80 bits per heavy atom. The Kier molecular flexibility index (Phi) is 4.75. The second-order valence-corrected chi connectivity index (χ2v) is 4.76. The van der Waals surface area contributed by atoms with Gasteiger partial charge in [-0.2, -0.15) is 0 Å². The van der Waals surface area contributed by atoms with Crippen molar-refractivity contribution in [1.82, 2.24) is 10.3 Å². The third-order valence-corrected chi connectivity index (χ3v) is 2.31. The molecule has 3 nitrogen and oxygen atoms in total. The van der Waals surface area contributed by atoms with Crippen LogP contribution in [0.4, 0.5) is 0 Å². The number of hydrogen-bond acceptors (Lipinski definition) is 2. The Morgan fingerprint density at radius 2 is 2.27 bits per heavy atom. The highest BCUT2D eigenvalue weighted by Crippen LogP contribution is 2.07. The molecule has 0 radical (unpaired) electrons. The molecule has 15 heavy (non-hydrogen) atoms. The van der Waals surface area contributed by atoms with Gasteiger partial charge in [-0.15, -0.1) is 0 Å². The molecule has 1 rings (SSSR count). The van der Waals surface area contributed by atoms with Crippen molar-refractivity contribution in [3.8, 4) is 0 Å². The molecule has 0 bridgehead atoms. The van der Waals surface area contributed by atoms with Crippen molar-refractivity contribution in [2.45, 2.75) is 20.3 Å². The number of rotatable bonds is 4. The zero-order valence-electron chi connectivity index (χ0n) is 8.96. The summed E-state index contributed by atoms with van der Waals surface area (Å²) in [4.78, 5) is 15.6. The Bertz CT molecular complexity index is 322. The number of carbonyl (C=O) groups excluding carboxylic acids is 1. The molecule has 0 saturated heterocycles. The van der Waals surface area contributed by atoms with Crippen LogP contribution in [0.2, 0.25) is 0 Å². The van der Waals surface area contributed by atoms with Gasteiger partial charge in [0, 0.05) is 22.9 Å². The molecule has 82 valence electrons. The van der Waals surface area contributed by atoms with Crippen LogP contribution in [-0.4, -0.2) is 17.4 Å². The molecule has 0 spiro atoms. The average molecular weight is 271 g/mol. The molecule has 1 aromatic heterocycles. The number of nitrogens with zero attached hydrogens (tertiary/aromatic N) is 1. The van der Waals surface area contributed by atoms with Crippen LogP contribution in [0.3, 0.4) is 0 Å². The minimum absolute atomic E-state index is 0.0264. The summed E-state index contributed by atoms with van der Waals surface area (Å²) in [5.74, 6) is 0.505. The van der Waals surface area contributed by atoms with Gasteiger partial charge in [-0.1, -0.05) is 13.8 Å². The van der Waals surface area contributed by atoms with Crippen LogP contribution in [0.5, 0.6) is 0 Å². The van der Waals surface area contributed by atoms with Gasteiger partial charge in [0.15, 0.2) is 0 Å². The first kappa shape index (κ1) is 12.2. The minimum atomic E-state index is 0.0264. The van der Waals surface area contributed by atoms with Crippen LogP contribution in [-0.2, 0) is 11.2 Å². The normalized spacial score (nSPS) is 10.4. The van der Waals surface area contributed by atoms with E-state index in [0.717, 1.165) is 16.7 Å². The van der Waals surface area contributed by atoms with Gasteiger partial charge in [0.2, 0.25) is 5.91 Å². The first-order valence-electron chi connectivity index (χ1n) is 4.95. The van der Waals surface area contributed by atoms with Crippen LogP contribution in [0.1, 0.15) is 19.5 Å². The Balaban J connectivity index is 2.41. The molecule has 1 amide bonds. The largest absolute Gasteiger partial charge is 0.356 e. The molecular formula is C11H15BrN2O. The monoisotopic (exact) mass is 270 g/mol. The highest BCUT2D eigenvalue weighted by molar-refractivity contribution is 9.10. The van der Waals surface area contributed by atoms with Gasteiger partial charge in [-0.3, -0.25) is 9.78 Å². The zero-order chi connectivity index (χ0) is 11.3. The van der Waals surface area contributed by atoms with Gasteiger partial charge in [-0.05, 0) is 34.0 Å². The first-order valence-corrected chi connectivity index (χ1v) is 5.74. The lowest BCUT2D eigenvalue weighted by Gasteiger charge is -2.07. The van der Waals surface area contributed by atoms with E-state index < -0.39 is 0 Å². The standard InChI is InChI=1S/C11H15BrN2O/c1-8(2)6-14-11(15)5-10-4-3-9(12)7-13-10/h3-4,7-8H,5-6H2,1-2H3,(H,14,15). The summed E-state index contributed by atoms with van der Waals surface area (Å²) in [6, 6.07) is 3.73. The van der Waals surface area contributed by atoms with Crippen molar-refractivity contribution in [2.24, 2.45) is 5.92 Å². The van der Waals surface area contributed by atoms with E-state index in [1.165, 1.54) is 0 Å². The van der Waals surface area contributed by atoms with Crippen molar-refractivity contribution in [2.75, 3.05) is 6.54 Å². The molecule has 0 aliphatic heterocycles. The van der Waals surface area contributed by atoms with Crippen LogP contribution >= 0.6 is 15.9 Å². The van der Waals surface area contributed by atoms with Gasteiger partial charge in [0.1, 0.15) is 0 Å². The summed E-state index contributed by atoms with van der Waals surface area (Å²) in [6.45, 7) is 4.85. The lowest BCUT2D eigenvalue weighted by Crippen LogP contribution is -2.28. The zero-order valence-corrected chi connectivity index (χ0v) is 10.5. The van der Waals surface area contributed by atoms with Gasteiger partial charge in [0.25, 0.3) is 0 Å². The van der Waals surface area contributed by atoms with Crippen molar-refractivity contribution in [3.63, 3.8) is 0 Å². The number of carbonyl (C=O) groups is 1. The van der Waals surface area contributed by atoms with E-state index in [0.29, 0.717) is 12.3 Å². The highest BCUT2D eigenvalue weighted by Gasteiger charge is 2.04. The SMILES string of the molecule is CC(C)CNC(=O)Cc1ccc(Br)cn1. The lowest BCUT2D eigenvalue weighted by molar-refractivity contribution is -0.120. The minimum Gasteiger partial charge on any atom is -0.356 e. The smallest absolute Gasteiger partial charge is 0.226 e.